The zero-order chi connectivity index (χ0) is 16.5. The van der Waals surface area contributed by atoms with E-state index in [4.69, 9.17) is 5.11 Å². The van der Waals surface area contributed by atoms with Gasteiger partial charge in [-0.3, -0.25) is 0 Å². The van der Waals surface area contributed by atoms with E-state index in [9.17, 15) is 4.79 Å². The lowest BCUT2D eigenvalue weighted by Crippen LogP contribution is -2.42. The molecule has 0 unspecified atom stereocenters. The second-order valence-corrected chi connectivity index (χ2v) is 6.43. The van der Waals surface area contributed by atoms with Crippen LogP contribution in [-0.2, 0) is 13.0 Å². The van der Waals surface area contributed by atoms with Crippen molar-refractivity contribution in [2.24, 2.45) is 5.92 Å². The molecule has 1 aromatic rings. The van der Waals surface area contributed by atoms with Crippen LogP contribution in [0.1, 0.15) is 30.9 Å². The van der Waals surface area contributed by atoms with E-state index in [0.717, 1.165) is 43.1 Å². The van der Waals surface area contributed by atoms with Crippen LogP contribution in [0.3, 0.4) is 0 Å². The van der Waals surface area contributed by atoms with Crippen molar-refractivity contribution < 1.29 is 9.90 Å². The molecule has 23 heavy (non-hydrogen) atoms. The predicted molar refractivity (Wildman–Crippen MR) is 92.3 cm³/mol. The van der Waals surface area contributed by atoms with Crippen LogP contribution in [0.15, 0.2) is 24.3 Å². The zero-order valence-corrected chi connectivity index (χ0v) is 14.1. The van der Waals surface area contributed by atoms with Crippen LogP contribution >= 0.6 is 0 Å². The lowest BCUT2D eigenvalue weighted by molar-refractivity contribution is 0.191. The number of hydrogen-bond donors (Lipinski definition) is 3. The monoisotopic (exact) mass is 319 g/mol. The number of urea groups is 1. The fourth-order valence-corrected chi connectivity index (χ4v) is 2.81. The van der Waals surface area contributed by atoms with Crippen molar-refractivity contribution in [2.45, 2.75) is 32.8 Å². The van der Waals surface area contributed by atoms with Gasteiger partial charge in [0.2, 0.25) is 0 Å². The van der Waals surface area contributed by atoms with E-state index in [1.54, 1.807) is 0 Å². The van der Waals surface area contributed by atoms with Crippen LogP contribution in [0.25, 0.3) is 0 Å². The van der Waals surface area contributed by atoms with E-state index in [0.29, 0.717) is 13.1 Å². The summed E-state index contributed by atoms with van der Waals surface area (Å²) in [5.74, 6) is 0.842. The van der Waals surface area contributed by atoms with Crippen LogP contribution in [0.4, 0.5) is 4.79 Å². The summed E-state index contributed by atoms with van der Waals surface area (Å²) < 4.78 is 0. The topological polar surface area (TPSA) is 64.6 Å². The summed E-state index contributed by atoms with van der Waals surface area (Å²) in [7, 11) is 0. The first-order valence-electron chi connectivity index (χ1n) is 8.60. The van der Waals surface area contributed by atoms with Crippen LogP contribution in [0, 0.1) is 5.92 Å². The molecule has 1 aromatic carbocycles. The van der Waals surface area contributed by atoms with Crippen LogP contribution in [0.5, 0.6) is 0 Å². The number of aliphatic hydroxyl groups excluding tert-OH is 1. The quantitative estimate of drug-likeness (QED) is 0.717. The minimum Gasteiger partial charge on any atom is -0.392 e. The first-order valence-corrected chi connectivity index (χ1v) is 8.60. The molecule has 2 amide bonds. The van der Waals surface area contributed by atoms with Gasteiger partial charge in [-0.1, -0.05) is 31.2 Å². The van der Waals surface area contributed by atoms with Gasteiger partial charge < -0.3 is 20.6 Å². The Balaban J connectivity index is 1.54. The number of piperidine rings is 1. The van der Waals surface area contributed by atoms with Gasteiger partial charge in [0, 0.05) is 19.6 Å². The number of hydrogen-bond acceptors (Lipinski definition) is 3. The molecule has 3 N–H and O–H groups in total. The smallest absolute Gasteiger partial charge is 0.314 e. The number of nitrogens with one attached hydrogen (secondary N) is 2. The average molecular weight is 319 g/mol. The van der Waals surface area contributed by atoms with Gasteiger partial charge in [-0.2, -0.15) is 0 Å². The Labute approximate surface area is 139 Å². The van der Waals surface area contributed by atoms with Gasteiger partial charge in [-0.05, 0) is 49.4 Å². The Kier molecular flexibility index (Phi) is 7.36. The highest BCUT2D eigenvalue weighted by atomic mass is 16.3. The van der Waals surface area contributed by atoms with Crippen molar-refractivity contribution in [3.63, 3.8) is 0 Å². The molecule has 2 rings (SSSR count). The number of amides is 2. The molecule has 1 saturated heterocycles. The number of rotatable bonds is 7. The van der Waals surface area contributed by atoms with Crippen LogP contribution in [0.2, 0.25) is 0 Å². The minimum absolute atomic E-state index is 0.0663. The molecule has 1 aliphatic heterocycles. The van der Waals surface area contributed by atoms with Gasteiger partial charge in [0.25, 0.3) is 0 Å². The van der Waals surface area contributed by atoms with Gasteiger partial charge in [0.15, 0.2) is 0 Å². The molecule has 1 aliphatic rings. The van der Waals surface area contributed by atoms with E-state index in [1.165, 1.54) is 12.8 Å². The van der Waals surface area contributed by atoms with Gasteiger partial charge in [0.05, 0.1) is 6.61 Å². The maximum atomic E-state index is 11.8. The standard InChI is InChI=1S/C18H29N3O2/c1-15-7-11-21(12-8-15)13-10-20-18(23)19-9-6-16-2-4-17(14-22)5-3-16/h2-5,15,22H,6-14H2,1H3,(H2,19,20,23). The third-order valence-electron chi connectivity index (χ3n) is 4.49. The highest BCUT2D eigenvalue weighted by molar-refractivity contribution is 5.73. The van der Waals surface area contributed by atoms with E-state index >= 15 is 0 Å². The van der Waals surface area contributed by atoms with Gasteiger partial charge in [-0.15, -0.1) is 0 Å². The maximum Gasteiger partial charge on any atom is 0.314 e. The van der Waals surface area contributed by atoms with Crippen molar-refractivity contribution >= 4 is 6.03 Å². The molecular formula is C18H29N3O2. The molecule has 0 radical (unpaired) electrons. The molecule has 0 spiro atoms. The second-order valence-electron chi connectivity index (χ2n) is 6.43. The lowest BCUT2D eigenvalue weighted by atomic mass is 9.99. The fourth-order valence-electron chi connectivity index (χ4n) is 2.81. The molecule has 0 atom stereocenters. The molecule has 128 valence electrons. The summed E-state index contributed by atoms with van der Waals surface area (Å²) in [5, 5.41) is 14.8. The fraction of sp³-hybridized carbons (Fsp3) is 0.611. The average Bonchev–Trinajstić information content (AvgIpc) is 2.57. The highest BCUT2D eigenvalue weighted by Crippen LogP contribution is 2.15. The van der Waals surface area contributed by atoms with Crippen molar-refractivity contribution in [2.75, 3.05) is 32.7 Å². The van der Waals surface area contributed by atoms with E-state index in [-0.39, 0.29) is 12.6 Å². The first-order chi connectivity index (χ1) is 11.2. The highest BCUT2D eigenvalue weighted by Gasteiger charge is 2.14. The zero-order valence-electron chi connectivity index (χ0n) is 14.1. The first kappa shape index (κ1) is 17.8. The Bertz CT molecular complexity index is 468. The molecule has 0 aliphatic carbocycles. The maximum absolute atomic E-state index is 11.8. The number of nitrogens with zero attached hydrogens (tertiary/aromatic N) is 1. The van der Waals surface area contributed by atoms with Crippen LogP contribution < -0.4 is 10.6 Å². The SMILES string of the molecule is CC1CCN(CCNC(=O)NCCc2ccc(CO)cc2)CC1. The summed E-state index contributed by atoms with van der Waals surface area (Å²) in [6.07, 6.45) is 3.33. The summed E-state index contributed by atoms with van der Waals surface area (Å²) in [6.45, 7) is 6.92. The Morgan fingerprint density at radius 3 is 2.39 bits per heavy atom. The van der Waals surface area contributed by atoms with Crippen molar-refractivity contribution in [1.82, 2.24) is 15.5 Å². The summed E-state index contributed by atoms with van der Waals surface area (Å²) >= 11 is 0. The summed E-state index contributed by atoms with van der Waals surface area (Å²) in [5.41, 5.74) is 2.07. The normalized spacial score (nSPS) is 16.3. The number of carbonyl (C=O) groups excluding carboxylic acids is 1. The van der Waals surface area contributed by atoms with Crippen molar-refractivity contribution in [3.8, 4) is 0 Å². The van der Waals surface area contributed by atoms with Gasteiger partial charge in [-0.25, -0.2) is 4.79 Å². The van der Waals surface area contributed by atoms with Crippen molar-refractivity contribution in [1.29, 1.82) is 0 Å². The van der Waals surface area contributed by atoms with Crippen molar-refractivity contribution in [3.05, 3.63) is 35.4 Å². The minimum atomic E-state index is -0.0950. The molecule has 1 heterocycles. The third kappa shape index (κ3) is 6.59. The summed E-state index contributed by atoms with van der Waals surface area (Å²) in [6, 6.07) is 7.71. The number of benzene rings is 1. The number of likely N-dealkylation sites (tertiary alicyclic amines) is 1. The molecule has 0 saturated carbocycles. The third-order valence-corrected chi connectivity index (χ3v) is 4.49. The van der Waals surface area contributed by atoms with E-state index < -0.39 is 0 Å². The predicted octanol–water partition coefficient (Wildman–Crippen LogP) is 1.75. The number of carbonyl (C=O) groups is 1. The van der Waals surface area contributed by atoms with Crippen LogP contribution in [-0.4, -0.2) is 48.8 Å². The van der Waals surface area contributed by atoms with Gasteiger partial charge in [0.1, 0.15) is 0 Å². The Hall–Kier alpha value is -1.59. The van der Waals surface area contributed by atoms with E-state index in [2.05, 4.69) is 22.5 Å². The number of aliphatic hydroxyl groups is 1. The second kappa shape index (κ2) is 9.53. The largest absolute Gasteiger partial charge is 0.392 e. The molecular weight excluding hydrogens is 290 g/mol. The molecule has 5 heteroatoms. The summed E-state index contributed by atoms with van der Waals surface area (Å²) in [4.78, 5) is 14.2. The molecule has 1 fully saturated rings. The van der Waals surface area contributed by atoms with Gasteiger partial charge >= 0.3 is 6.03 Å². The Morgan fingerprint density at radius 2 is 1.74 bits per heavy atom. The molecule has 5 nitrogen and oxygen atoms in total. The molecule has 0 aromatic heterocycles. The lowest BCUT2D eigenvalue weighted by Gasteiger charge is -2.30. The molecule has 0 bridgehead atoms. The van der Waals surface area contributed by atoms with E-state index in [1.807, 2.05) is 24.3 Å². The Morgan fingerprint density at radius 1 is 1.13 bits per heavy atom.